The largest absolute Gasteiger partial charge is 0.497 e. The van der Waals surface area contributed by atoms with Gasteiger partial charge in [-0.2, -0.15) is 0 Å². The number of hydrogen-bond acceptors (Lipinski definition) is 4. The zero-order chi connectivity index (χ0) is 14.5. The van der Waals surface area contributed by atoms with E-state index in [1.807, 2.05) is 24.3 Å². The Morgan fingerprint density at radius 1 is 1.10 bits per heavy atom. The van der Waals surface area contributed by atoms with Crippen molar-refractivity contribution in [2.75, 3.05) is 14.2 Å². The minimum Gasteiger partial charge on any atom is -0.497 e. The number of alkyl halides is 1. The molecule has 0 aliphatic rings. The van der Waals surface area contributed by atoms with Gasteiger partial charge in [-0.25, -0.2) is 4.98 Å². The first-order valence-electron chi connectivity index (χ1n) is 5.98. The van der Waals surface area contributed by atoms with Crippen molar-refractivity contribution in [1.29, 1.82) is 0 Å². The fraction of sp³-hybridized carbons (Fsp3) is 0.200. The summed E-state index contributed by atoms with van der Waals surface area (Å²) in [6.07, 6.45) is 1.51. The van der Waals surface area contributed by atoms with E-state index in [0.717, 1.165) is 11.3 Å². The molecule has 1 heterocycles. The van der Waals surface area contributed by atoms with Crippen LogP contribution in [0.2, 0.25) is 0 Å². The molecular formula is C15H14BrNO3. The summed E-state index contributed by atoms with van der Waals surface area (Å²) in [5.74, 6) is 1.19. The van der Waals surface area contributed by atoms with Crippen molar-refractivity contribution in [3.8, 4) is 11.6 Å². The summed E-state index contributed by atoms with van der Waals surface area (Å²) in [5, 5.41) is 0. The van der Waals surface area contributed by atoms with Gasteiger partial charge in [0.15, 0.2) is 5.78 Å². The average Bonchev–Trinajstić information content (AvgIpc) is 2.53. The molecule has 4 nitrogen and oxygen atoms in total. The molecule has 1 atom stereocenters. The number of methoxy groups -OCH3 is 2. The van der Waals surface area contributed by atoms with E-state index in [-0.39, 0.29) is 5.78 Å². The van der Waals surface area contributed by atoms with Crippen molar-refractivity contribution in [1.82, 2.24) is 4.98 Å². The Balaban J connectivity index is 2.17. The standard InChI is InChI=1S/C15H14BrNO3/c1-19-12-6-3-10(4-7-12)14(16)15(18)11-5-8-13(20-2)17-9-11/h3-9,14H,1-2H3. The topological polar surface area (TPSA) is 48.4 Å². The monoisotopic (exact) mass is 335 g/mol. The van der Waals surface area contributed by atoms with Crippen molar-refractivity contribution in [3.63, 3.8) is 0 Å². The van der Waals surface area contributed by atoms with Gasteiger partial charge in [-0.3, -0.25) is 4.79 Å². The Morgan fingerprint density at radius 3 is 2.30 bits per heavy atom. The maximum absolute atomic E-state index is 12.3. The number of rotatable bonds is 5. The van der Waals surface area contributed by atoms with E-state index in [1.54, 1.807) is 19.2 Å². The van der Waals surface area contributed by atoms with Crippen LogP contribution in [0.5, 0.6) is 11.6 Å². The Bertz CT molecular complexity index is 581. The number of halogens is 1. The molecule has 0 spiro atoms. The van der Waals surface area contributed by atoms with Gasteiger partial charge in [0.05, 0.1) is 14.2 Å². The zero-order valence-electron chi connectivity index (χ0n) is 11.2. The molecule has 104 valence electrons. The van der Waals surface area contributed by atoms with E-state index >= 15 is 0 Å². The Hall–Kier alpha value is -1.88. The number of ether oxygens (including phenoxy) is 2. The zero-order valence-corrected chi connectivity index (χ0v) is 12.8. The third-order valence-electron chi connectivity index (χ3n) is 2.87. The molecule has 2 rings (SSSR count). The van der Waals surface area contributed by atoms with Gasteiger partial charge in [0.1, 0.15) is 10.6 Å². The molecule has 0 saturated carbocycles. The van der Waals surface area contributed by atoms with Crippen LogP contribution in [-0.4, -0.2) is 25.0 Å². The summed E-state index contributed by atoms with van der Waals surface area (Å²) in [5.41, 5.74) is 1.40. The molecule has 0 amide bonds. The van der Waals surface area contributed by atoms with Crippen LogP contribution in [-0.2, 0) is 0 Å². The third-order valence-corrected chi connectivity index (χ3v) is 3.81. The van der Waals surface area contributed by atoms with Crippen LogP contribution < -0.4 is 9.47 Å². The number of Topliss-reactive ketones (excluding diaryl/α,β-unsaturated/α-hetero) is 1. The first kappa shape index (κ1) is 14.5. The van der Waals surface area contributed by atoms with Crippen molar-refractivity contribution in [2.24, 2.45) is 0 Å². The summed E-state index contributed by atoms with van der Waals surface area (Å²) in [7, 11) is 3.14. The van der Waals surface area contributed by atoms with Gasteiger partial charge in [-0.05, 0) is 23.8 Å². The van der Waals surface area contributed by atoms with Crippen LogP contribution in [0, 0.1) is 0 Å². The van der Waals surface area contributed by atoms with Crippen molar-refractivity contribution >= 4 is 21.7 Å². The first-order valence-corrected chi connectivity index (χ1v) is 6.89. The molecule has 1 aromatic carbocycles. The third kappa shape index (κ3) is 3.17. The second-order valence-corrected chi connectivity index (χ2v) is 5.00. The number of carbonyl (C=O) groups excluding carboxylic acids is 1. The molecule has 1 unspecified atom stereocenters. The maximum atomic E-state index is 12.3. The van der Waals surface area contributed by atoms with Crippen molar-refractivity contribution in [3.05, 3.63) is 53.7 Å². The van der Waals surface area contributed by atoms with Crippen LogP contribution >= 0.6 is 15.9 Å². The quantitative estimate of drug-likeness (QED) is 0.620. The van der Waals surface area contributed by atoms with E-state index in [2.05, 4.69) is 20.9 Å². The number of carbonyl (C=O) groups is 1. The summed E-state index contributed by atoms with van der Waals surface area (Å²) in [6, 6.07) is 10.7. The number of aromatic nitrogens is 1. The lowest BCUT2D eigenvalue weighted by atomic mass is 10.0. The molecule has 2 aromatic rings. The van der Waals surface area contributed by atoms with Crippen LogP contribution in [0.1, 0.15) is 20.7 Å². The highest BCUT2D eigenvalue weighted by Crippen LogP contribution is 2.28. The minimum absolute atomic E-state index is 0.0506. The van der Waals surface area contributed by atoms with E-state index in [9.17, 15) is 4.79 Å². The lowest BCUT2D eigenvalue weighted by Crippen LogP contribution is -2.07. The Labute approximate surface area is 125 Å². The number of pyridine rings is 1. The molecule has 1 aromatic heterocycles. The van der Waals surface area contributed by atoms with Gasteiger partial charge >= 0.3 is 0 Å². The summed E-state index contributed by atoms with van der Waals surface area (Å²) in [4.78, 5) is 16.0. The van der Waals surface area contributed by atoms with E-state index < -0.39 is 4.83 Å². The lowest BCUT2D eigenvalue weighted by Gasteiger charge is -2.10. The summed E-state index contributed by atoms with van der Waals surface area (Å²) in [6.45, 7) is 0. The SMILES string of the molecule is COc1ccc(C(Br)C(=O)c2ccc(OC)nc2)cc1. The maximum Gasteiger partial charge on any atom is 0.212 e. The number of hydrogen-bond donors (Lipinski definition) is 0. The Kier molecular flexibility index (Phi) is 4.74. The lowest BCUT2D eigenvalue weighted by molar-refractivity contribution is 0.0991. The van der Waals surface area contributed by atoms with E-state index in [4.69, 9.17) is 9.47 Å². The van der Waals surface area contributed by atoms with Gasteiger partial charge in [0.2, 0.25) is 5.88 Å². The highest BCUT2D eigenvalue weighted by atomic mass is 79.9. The number of benzene rings is 1. The molecule has 0 aliphatic heterocycles. The van der Waals surface area contributed by atoms with Gasteiger partial charge in [-0.15, -0.1) is 0 Å². The smallest absolute Gasteiger partial charge is 0.212 e. The van der Waals surface area contributed by atoms with Crippen LogP contribution in [0.3, 0.4) is 0 Å². The van der Waals surface area contributed by atoms with Crippen LogP contribution in [0.4, 0.5) is 0 Å². The number of ketones is 1. The second kappa shape index (κ2) is 6.52. The molecule has 5 heteroatoms. The molecule has 0 N–H and O–H groups in total. The molecule has 0 saturated heterocycles. The highest BCUT2D eigenvalue weighted by Gasteiger charge is 2.19. The molecule has 20 heavy (non-hydrogen) atoms. The van der Waals surface area contributed by atoms with Gasteiger partial charge in [-0.1, -0.05) is 28.1 Å². The molecule has 0 bridgehead atoms. The Morgan fingerprint density at radius 2 is 1.80 bits per heavy atom. The van der Waals surface area contributed by atoms with Crippen molar-refractivity contribution in [2.45, 2.75) is 4.83 Å². The fourth-order valence-electron chi connectivity index (χ4n) is 1.72. The first-order chi connectivity index (χ1) is 9.65. The molecular weight excluding hydrogens is 322 g/mol. The summed E-state index contributed by atoms with van der Waals surface area (Å²) < 4.78 is 10.1. The summed E-state index contributed by atoms with van der Waals surface area (Å²) >= 11 is 3.42. The normalized spacial score (nSPS) is 11.8. The predicted molar refractivity (Wildman–Crippen MR) is 79.8 cm³/mol. The second-order valence-electron chi connectivity index (χ2n) is 4.09. The van der Waals surface area contributed by atoms with Crippen LogP contribution in [0.25, 0.3) is 0 Å². The van der Waals surface area contributed by atoms with E-state index in [1.165, 1.54) is 13.3 Å². The van der Waals surface area contributed by atoms with Gasteiger partial charge in [0, 0.05) is 17.8 Å². The number of nitrogens with zero attached hydrogens (tertiary/aromatic N) is 1. The highest BCUT2D eigenvalue weighted by molar-refractivity contribution is 9.09. The fourth-order valence-corrected chi connectivity index (χ4v) is 2.29. The average molecular weight is 336 g/mol. The van der Waals surface area contributed by atoms with E-state index in [0.29, 0.717) is 11.4 Å². The molecule has 0 fully saturated rings. The van der Waals surface area contributed by atoms with Crippen molar-refractivity contribution < 1.29 is 14.3 Å². The molecule has 0 radical (unpaired) electrons. The van der Waals surface area contributed by atoms with Crippen LogP contribution in [0.15, 0.2) is 42.6 Å². The van der Waals surface area contributed by atoms with Gasteiger partial charge < -0.3 is 9.47 Å². The predicted octanol–water partition coefficient (Wildman–Crippen LogP) is 3.42. The minimum atomic E-state index is -0.413. The molecule has 0 aliphatic carbocycles. The van der Waals surface area contributed by atoms with Gasteiger partial charge in [0.25, 0.3) is 0 Å².